The molecule has 7 nitrogen and oxygen atoms in total. The van der Waals surface area contributed by atoms with Crippen molar-refractivity contribution in [1.82, 2.24) is 4.31 Å². The minimum atomic E-state index is -3.61. The summed E-state index contributed by atoms with van der Waals surface area (Å²) in [6.45, 7) is 8.60. The van der Waals surface area contributed by atoms with E-state index >= 15 is 0 Å². The van der Waals surface area contributed by atoms with Crippen molar-refractivity contribution in [3.63, 3.8) is 0 Å². The van der Waals surface area contributed by atoms with Crippen LogP contribution in [0.4, 0.5) is 5.69 Å². The van der Waals surface area contributed by atoms with Gasteiger partial charge in [-0.2, -0.15) is 4.31 Å². The van der Waals surface area contributed by atoms with Crippen molar-refractivity contribution in [1.29, 1.82) is 0 Å². The quantitative estimate of drug-likeness (QED) is 0.699. The van der Waals surface area contributed by atoms with E-state index in [1.807, 2.05) is 26.8 Å². The summed E-state index contributed by atoms with van der Waals surface area (Å²) in [5.41, 5.74) is 3.40. The first-order valence-electron chi connectivity index (χ1n) is 10.4. The van der Waals surface area contributed by atoms with Gasteiger partial charge in [-0.05, 0) is 81.5 Å². The van der Waals surface area contributed by atoms with Crippen LogP contribution in [0.25, 0.3) is 0 Å². The zero-order valence-corrected chi connectivity index (χ0v) is 19.5. The van der Waals surface area contributed by atoms with E-state index in [1.54, 1.807) is 13.0 Å². The summed E-state index contributed by atoms with van der Waals surface area (Å²) in [4.78, 5) is 13.0. The van der Waals surface area contributed by atoms with E-state index in [9.17, 15) is 13.2 Å². The molecule has 0 saturated carbocycles. The summed E-state index contributed by atoms with van der Waals surface area (Å²) in [5, 5.41) is 2.76. The van der Waals surface area contributed by atoms with E-state index in [1.165, 1.54) is 23.5 Å². The molecule has 1 aliphatic rings. The second kappa shape index (κ2) is 9.28. The van der Waals surface area contributed by atoms with Gasteiger partial charge in [-0.3, -0.25) is 4.79 Å². The number of nitrogens with zero attached hydrogens (tertiary/aromatic N) is 1. The molecule has 31 heavy (non-hydrogen) atoms. The number of hydrogen-bond acceptors (Lipinski definition) is 5. The van der Waals surface area contributed by atoms with Crippen molar-refractivity contribution in [2.24, 2.45) is 0 Å². The number of carbonyl (C=O) groups is 1. The first-order valence-corrected chi connectivity index (χ1v) is 11.8. The lowest BCUT2D eigenvalue weighted by atomic mass is 10.1. The summed E-state index contributed by atoms with van der Waals surface area (Å²) >= 11 is 0. The molecule has 1 N–H and O–H groups in total. The molecule has 2 aromatic carbocycles. The number of methoxy groups -OCH3 is 1. The molecule has 1 heterocycles. The average Bonchev–Trinajstić information content (AvgIpc) is 3.27. The molecular formula is C23H30N2O5S. The van der Waals surface area contributed by atoms with Gasteiger partial charge in [-0.1, -0.05) is 6.07 Å². The molecule has 8 heteroatoms. The van der Waals surface area contributed by atoms with Gasteiger partial charge in [0.2, 0.25) is 10.0 Å². The third-order valence-electron chi connectivity index (χ3n) is 5.57. The van der Waals surface area contributed by atoms with Crippen molar-refractivity contribution in [3.05, 3.63) is 47.0 Å². The maximum atomic E-state index is 12.9. The van der Waals surface area contributed by atoms with Gasteiger partial charge in [0.25, 0.3) is 5.91 Å². The molecule has 2 aromatic rings. The molecule has 168 valence electrons. The zero-order valence-electron chi connectivity index (χ0n) is 18.7. The molecule has 3 rings (SSSR count). The highest BCUT2D eigenvalue weighted by Crippen LogP contribution is 2.31. The van der Waals surface area contributed by atoms with Crippen LogP contribution in [0.3, 0.4) is 0 Å². The van der Waals surface area contributed by atoms with Crippen LogP contribution >= 0.6 is 0 Å². The number of carbonyl (C=O) groups excluding carboxylic acids is 1. The molecule has 0 spiro atoms. The standard InChI is InChI=1S/C23H30N2O5S/c1-15-12-16(2)17(3)22(13-15)30-18(4)23(26)24-20-14-19(8-9-21(20)29-5)31(27,28)25-10-6-7-11-25/h8-9,12-14,18H,6-7,10-11H2,1-5H3,(H,24,26)/t18-/m0/s1. The highest BCUT2D eigenvalue weighted by Gasteiger charge is 2.28. The van der Waals surface area contributed by atoms with Crippen LogP contribution in [0.2, 0.25) is 0 Å². The number of rotatable bonds is 7. The van der Waals surface area contributed by atoms with E-state index in [0.717, 1.165) is 29.5 Å². The lowest BCUT2D eigenvalue weighted by molar-refractivity contribution is -0.122. The monoisotopic (exact) mass is 446 g/mol. The van der Waals surface area contributed by atoms with Crippen LogP contribution in [0.5, 0.6) is 11.5 Å². The molecule has 0 unspecified atom stereocenters. The SMILES string of the molecule is COc1ccc(S(=O)(=O)N2CCCC2)cc1NC(=O)[C@H](C)Oc1cc(C)cc(C)c1C. The highest BCUT2D eigenvalue weighted by atomic mass is 32.2. The summed E-state index contributed by atoms with van der Waals surface area (Å²) in [6, 6.07) is 8.46. The van der Waals surface area contributed by atoms with Gasteiger partial charge >= 0.3 is 0 Å². The average molecular weight is 447 g/mol. The predicted molar refractivity (Wildman–Crippen MR) is 120 cm³/mol. The van der Waals surface area contributed by atoms with Crippen molar-refractivity contribution < 1.29 is 22.7 Å². The van der Waals surface area contributed by atoms with Gasteiger partial charge in [0.05, 0.1) is 17.7 Å². The first kappa shape index (κ1) is 23.1. The number of anilines is 1. The third-order valence-corrected chi connectivity index (χ3v) is 7.46. The Bertz CT molecular complexity index is 1080. The maximum absolute atomic E-state index is 12.9. The molecule has 0 aromatic heterocycles. The summed E-state index contributed by atoms with van der Waals surface area (Å²) in [7, 11) is -2.14. The van der Waals surface area contributed by atoms with Gasteiger partial charge in [0.1, 0.15) is 11.5 Å². The van der Waals surface area contributed by atoms with Gasteiger partial charge in [0.15, 0.2) is 6.10 Å². The molecule has 0 radical (unpaired) electrons. The Kier molecular flexibility index (Phi) is 6.91. The fourth-order valence-electron chi connectivity index (χ4n) is 3.62. The molecular weight excluding hydrogens is 416 g/mol. The van der Waals surface area contributed by atoms with E-state index in [-0.39, 0.29) is 4.90 Å². The van der Waals surface area contributed by atoms with Crippen LogP contribution in [0.1, 0.15) is 36.5 Å². The smallest absolute Gasteiger partial charge is 0.265 e. The number of aryl methyl sites for hydroxylation is 2. The van der Waals surface area contributed by atoms with Crippen LogP contribution < -0.4 is 14.8 Å². The largest absolute Gasteiger partial charge is 0.495 e. The van der Waals surface area contributed by atoms with E-state index in [2.05, 4.69) is 11.4 Å². The second-order valence-corrected chi connectivity index (χ2v) is 9.87. The van der Waals surface area contributed by atoms with Crippen LogP contribution in [-0.2, 0) is 14.8 Å². The maximum Gasteiger partial charge on any atom is 0.265 e. The van der Waals surface area contributed by atoms with E-state index in [4.69, 9.17) is 9.47 Å². The van der Waals surface area contributed by atoms with Crippen molar-refractivity contribution in [2.45, 2.75) is 51.5 Å². The number of amides is 1. The molecule has 0 bridgehead atoms. The molecule has 1 fully saturated rings. The van der Waals surface area contributed by atoms with Crippen LogP contribution in [0.15, 0.2) is 35.2 Å². The fraction of sp³-hybridized carbons (Fsp3) is 0.435. The van der Waals surface area contributed by atoms with Crippen molar-refractivity contribution in [3.8, 4) is 11.5 Å². The lowest BCUT2D eigenvalue weighted by Gasteiger charge is -2.20. The number of benzene rings is 2. The van der Waals surface area contributed by atoms with E-state index in [0.29, 0.717) is 30.3 Å². The number of nitrogens with one attached hydrogen (secondary N) is 1. The number of ether oxygens (including phenoxy) is 2. The van der Waals surface area contributed by atoms with Gasteiger partial charge in [-0.15, -0.1) is 0 Å². The first-order chi connectivity index (χ1) is 14.6. The van der Waals surface area contributed by atoms with Gasteiger partial charge < -0.3 is 14.8 Å². The highest BCUT2D eigenvalue weighted by molar-refractivity contribution is 7.89. The minimum Gasteiger partial charge on any atom is -0.495 e. The summed E-state index contributed by atoms with van der Waals surface area (Å²) < 4.78 is 38.5. The Morgan fingerprint density at radius 2 is 1.74 bits per heavy atom. The summed E-state index contributed by atoms with van der Waals surface area (Å²) in [6.07, 6.45) is 0.917. The van der Waals surface area contributed by atoms with Crippen LogP contribution in [-0.4, -0.2) is 44.9 Å². The molecule has 0 aliphatic carbocycles. The Labute approximate surface area is 184 Å². The predicted octanol–water partition coefficient (Wildman–Crippen LogP) is 3.81. The minimum absolute atomic E-state index is 0.129. The fourth-order valence-corrected chi connectivity index (χ4v) is 5.17. The van der Waals surface area contributed by atoms with Gasteiger partial charge in [-0.25, -0.2) is 8.42 Å². The second-order valence-electron chi connectivity index (χ2n) is 7.93. The Morgan fingerprint density at radius 1 is 1.06 bits per heavy atom. The lowest BCUT2D eigenvalue weighted by Crippen LogP contribution is -2.31. The molecule has 1 atom stereocenters. The Balaban J connectivity index is 1.81. The normalized spacial score (nSPS) is 15.5. The molecule has 1 aliphatic heterocycles. The zero-order chi connectivity index (χ0) is 22.8. The molecule has 1 amide bonds. The Hall–Kier alpha value is -2.58. The van der Waals surface area contributed by atoms with Crippen molar-refractivity contribution in [2.75, 3.05) is 25.5 Å². The van der Waals surface area contributed by atoms with Crippen LogP contribution in [0, 0.1) is 20.8 Å². The van der Waals surface area contributed by atoms with Gasteiger partial charge in [0, 0.05) is 13.1 Å². The Morgan fingerprint density at radius 3 is 2.39 bits per heavy atom. The number of sulfonamides is 1. The summed E-state index contributed by atoms with van der Waals surface area (Å²) in [5.74, 6) is 0.633. The van der Waals surface area contributed by atoms with Crippen molar-refractivity contribution >= 4 is 21.6 Å². The van der Waals surface area contributed by atoms with E-state index < -0.39 is 22.0 Å². The molecule has 1 saturated heterocycles. The number of hydrogen-bond donors (Lipinski definition) is 1. The third kappa shape index (κ3) is 5.02. The topological polar surface area (TPSA) is 84.9 Å².